The van der Waals surface area contributed by atoms with E-state index in [1.54, 1.807) is 6.20 Å². The number of pyridine rings is 1. The molecule has 27 heavy (non-hydrogen) atoms. The molecule has 1 fully saturated rings. The molecule has 0 saturated heterocycles. The van der Waals surface area contributed by atoms with Crippen LogP contribution >= 0.6 is 0 Å². The van der Waals surface area contributed by atoms with Crippen molar-refractivity contribution in [3.63, 3.8) is 0 Å². The average molecular weight is 376 g/mol. The predicted octanol–water partition coefficient (Wildman–Crippen LogP) is 3.66. The number of aromatic nitrogens is 3. The van der Waals surface area contributed by atoms with Crippen molar-refractivity contribution in [1.29, 1.82) is 0 Å². The van der Waals surface area contributed by atoms with E-state index in [0.717, 1.165) is 41.6 Å². The van der Waals surface area contributed by atoms with E-state index in [1.807, 2.05) is 12.1 Å². The van der Waals surface area contributed by atoms with Crippen LogP contribution in [0.4, 0.5) is 13.2 Å². The Kier molecular flexibility index (Phi) is 4.21. The fraction of sp³-hybridized carbons (Fsp3) is 0.278. The molecule has 2 aromatic heterocycles. The zero-order chi connectivity index (χ0) is 19.0. The minimum atomic E-state index is -4.82. The summed E-state index contributed by atoms with van der Waals surface area (Å²) < 4.78 is 40.2. The van der Waals surface area contributed by atoms with Gasteiger partial charge in [0, 0.05) is 24.2 Å². The summed E-state index contributed by atoms with van der Waals surface area (Å²) in [5.74, 6) is -0.543. The number of hydrogen-bond donors (Lipinski definition) is 2. The number of fused-ring (bicyclic) bond motifs is 1. The molecule has 1 aromatic carbocycles. The molecule has 3 aromatic rings. The second-order valence-corrected chi connectivity index (χ2v) is 6.35. The van der Waals surface area contributed by atoms with E-state index in [4.69, 9.17) is 0 Å². The molecule has 1 amide bonds. The van der Waals surface area contributed by atoms with Gasteiger partial charge in [0.05, 0.1) is 17.3 Å². The predicted molar refractivity (Wildman–Crippen MR) is 90.2 cm³/mol. The number of halogens is 3. The Hall–Kier alpha value is -3.10. The number of carbonyl (C=O) groups excluding carboxylic acids is 1. The first-order valence-electron chi connectivity index (χ1n) is 8.35. The molecular formula is C18H15F3N4O2. The molecule has 9 heteroatoms. The van der Waals surface area contributed by atoms with Crippen LogP contribution in [0.5, 0.6) is 5.88 Å². The molecule has 6 nitrogen and oxygen atoms in total. The maximum absolute atomic E-state index is 12.3. The van der Waals surface area contributed by atoms with Gasteiger partial charge in [0.25, 0.3) is 5.91 Å². The minimum Gasteiger partial charge on any atom is -0.388 e. The van der Waals surface area contributed by atoms with Gasteiger partial charge in [-0.1, -0.05) is 6.07 Å². The highest BCUT2D eigenvalue weighted by Crippen LogP contribution is 2.43. The van der Waals surface area contributed by atoms with Crippen LogP contribution in [0.2, 0.25) is 0 Å². The van der Waals surface area contributed by atoms with Crippen LogP contribution in [0.1, 0.15) is 40.2 Å². The Bertz CT molecular complexity index is 978. The van der Waals surface area contributed by atoms with E-state index in [-0.39, 0.29) is 5.56 Å². The number of ether oxygens (including phenoxy) is 1. The summed E-state index contributed by atoms with van der Waals surface area (Å²) in [6.07, 6.45) is 0.202. The molecule has 0 aliphatic heterocycles. The van der Waals surface area contributed by atoms with Gasteiger partial charge >= 0.3 is 6.36 Å². The van der Waals surface area contributed by atoms with Gasteiger partial charge in [0.15, 0.2) is 0 Å². The second kappa shape index (κ2) is 6.57. The van der Waals surface area contributed by atoms with Gasteiger partial charge in [-0.25, -0.2) is 4.98 Å². The molecule has 1 saturated carbocycles. The van der Waals surface area contributed by atoms with Crippen LogP contribution in [-0.2, 0) is 6.54 Å². The van der Waals surface area contributed by atoms with E-state index in [9.17, 15) is 18.0 Å². The number of amides is 1. The number of hydrogen-bond acceptors (Lipinski definition) is 4. The Morgan fingerprint density at radius 1 is 1.22 bits per heavy atom. The molecule has 0 radical (unpaired) electrons. The zero-order valence-electron chi connectivity index (χ0n) is 14.0. The summed E-state index contributed by atoms with van der Waals surface area (Å²) in [6, 6.07) is 6.27. The van der Waals surface area contributed by atoms with Gasteiger partial charge in [0.2, 0.25) is 5.88 Å². The van der Waals surface area contributed by atoms with E-state index in [2.05, 4.69) is 25.2 Å². The molecule has 0 bridgehead atoms. The molecular weight excluding hydrogens is 361 g/mol. The summed E-state index contributed by atoms with van der Waals surface area (Å²) in [5, 5.41) is 10.7. The van der Waals surface area contributed by atoms with Crippen LogP contribution < -0.4 is 10.1 Å². The van der Waals surface area contributed by atoms with Crippen molar-refractivity contribution in [2.75, 3.05) is 0 Å². The largest absolute Gasteiger partial charge is 0.574 e. The van der Waals surface area contributed by atoms with E-state index in [0.29, 0.717) is 12.5 Å². The summed E-state index contributed by atoms with van der Waals surface area (Å²) in [4.78, 5) is 15.9. The Morgan fingerprint density at radius 3 is 2.70 bits per heavy atom. The number of nitrogens with zero attached hydrogens (tertiary/aromatic N) is 2. The second-order valence-electron chi connectivity index (χ2n) is 6.35. The molecule has 2 N–H and O–H groups in total. The Morgan fingerprint density at radius 2 is 2.04 bits per heavy atom. The molecule has 4 rings (SSSR count). The lowest BCUT2D eigenvalue weighted by Crippen LogP contribution is -2.24. The van der Waals surface area contributed by atoms with Gasteiger partial charge in [-0.15, -0.1) is 13.2 Å². The van der Waals surface area contributed by atoms with Crippen LogP contribution in [0.25, 0.3) is 10.9 Å². The van der Waals surface area contributed by atoms with E-state index in [1.165, 1.54) is 11.6 Å². The summed E-state index contributed by atoms with van der Waals surface area (Å²) >= 11 is 0. The minimum absolute atomic E-state index is 0.150. The topological polar surface area (TPSA) is 79.9 Å². The third-order valence-corrected chi connectivity index (χ3v) is 4.43. The molecule has 2 heterocycles. The van der Waals surface area contributed by atoms with Crippen molar-refractivity contribution >= 4 is 16.8 Å². The number of rotatable bonds is 5. The van der Waals surface area contributed by atoms with Crippen molar-refractivity contribution in [2.45, 2.75) is 31.7 Å². The number of carbonyl (C=O) groups is 1. The van der Waals surface area contributed by atoms with Gasteiger partial charge in [-0.3, -0.25) is 9.89 Å². The standard InChI is InChI=1S/C18H15F3N4O2/c19-18(20,21)27-16-6-3-11(7-22-16)17(26)23-8-13-12(10-1-2-10)4-5-15-14(13)9-24-25-15/h3-7,9-10H,1-2,8H2,(H,23,26)(H,24,25). The molecule has 0 atom stereocenters. The third-order valence-electron chi connectivity index (χ3n) is 4.43. The van der Waals surface area contributed by atoms with Gasteiger partial charge in [0.1, 0.15) is 0 Å². The van der Waals surface area contributed by atoms with Gasteiger partial charge in [-0.05, 0) is 42.0 Å². The summed E-state index contributed by atoms with van der Waals surface area (Å²) in [6.45, 7) is 0.294. The molecule has 1 aliphatic rings. The van der Waals surface area contributed by atoms with E-state index < -0.39 is 18.1 Å². The highest BCUT2D eigenvalue weighted by molar-refractivity contribution is 5.94. The van der Waals surface area contributed by atoms with E-state index >= 15 is 0 Å². The lowest BCUT2D eigenvalue weighted by atomic mass is 9.99. The smallest absolute Gasteiger partial charge is 0.388 e. The number of alkyl halides is 3. The van der Waals surface area contributed by atoms with Gasteiger partial charge < -0.3 is 10.1 Å². The van der Waals surface area contributed by atoms with Crippen molar-refractivity contribution in [1.82, 2.24) is 20.5 Å². The molecule has 140 valence electrons. The summed E-state index contributed by atoms with van der Waals surface area (Å²) in [7, 11) is 0. The lowest BCUT2D eigenvalue weighted by Gasteiger charge is -2.12. The fourth-order valence-electron chi connectivity index (χ4n) is 3.03. The molecule has 1 aliphatic carbocycles. The first-order valence-corrected chi connectivity index (χ1v) is 8.35. The first kappa shape index (κ1) is 17.3. The van der Waals surface area contributed by atoms with Crippen LogP contribution in [0.15, 0.2) is 36.7 Å². The van der Waals surface area contributed by atoms with Crippen molar-refractivity contribution in [2.24, 2.45) is 0 Å². The Labute approximate surface area is 151 Å². The zero-order valence-corrected chi connectivity index (χ0v) is 14.0. The highest BCUT2D eigenvalue weighted by Gasteiger charge is 2.31. The van der Waals surface area contributed by atoms with Crippen molar-refractivity contribution < 1.29 is 22.7 Å². The van der Waals surface area contributed by atoms with Crippen LogP contribution in [0.3, 0.4) is 0 Å². The normalized spacial score (nSPS) is 14.3. The van der Waals surface area contributed by atoms with Gasteiger partial charge in [-0.2, -0.15) is 5.10 Å². The third kappa shape index (κ3) is 3.86. The number of H-pyrrole nitrogens is 1. The molecule has 0 unspecified atom stereocenters. The number of aromatic amines is 1. The van der Waals surface area contributed by atoms with Crippen LogP contribution in [-0.4, -0.2) is 27.5 Å². The Balaban J connectivity index is 1.49. The maximum Gasteiger partial charge on any atom is 0.574 e. The fourth-order valence-corrected chi connectivity index (χ4v) is 3.03. The summed E-state index contributed by atoms with van der Waals surface area (Å²) in [5.41, 5.74) is 3.23. The van der Waals surface area contributed by atoms with Crippen molar-refractivity contribution in [3.8, 4) is 5.88 Å². The maximum atomic E-state index is 12.3. The highest BCUT2D eigenvalue weighted by atomic mass is 19.4. The quantitative estimate of drug-likeness (QED) is 0.712. The SMILES string of the molecule is O=C(NCc1c(C2CC2)ccc2[nH]ncc12)c1ccc(OC(F)(F)F)nc1. The lowest BCUT2D eigenvalue weighted by molar-refractivity contribution is -0.276. The monoisotopic (exact) mass is 376 g/mol. The first-order chi connectivity index (χ1) is 12.9. The number of nitrogens with one attached hydrogen (secondary N) is 2. The average Bonchev–Trinajstić information content (AvgIpc) is 3.35. The van der Waals surface area contributed by atoms with Crippen molar-refractivity contribution in [3.05, 3.63) is 53.3 Å². The number of benzene rings is 1. The van der Waals surface area contributed by atoms with Crippen LogP contribution in [0, 0.1) is 0 Å². The molecule has 0 spiro atoms.